The maximum atomic E-state index is 13.0. The van der Waals surface area contributed by atoms with Gasteiger partial charge < -0.3 is 25.8 Å². The van der Waals surface area contributed by atoms with Gasteiger partial charge in [-0.25, -0.2) is 4.98 Å². The third-order valence-electron chi connectivity index (χ3n) is 7.77. The summed E-state index contributed by atoms with van der Waals surface area (Å²) < 4.78 is 0. The average molecular weight is 516 g/mol. The summed E-state index contributed by atoms with van der Waals surface area (Å²) in [6.07, 6.45) is 8.60. The molecule has 3 heterocycles. The molecule has 1 aliphatic carbocycles. The van der Waals surface area contributed by atoms with Crippen LogP contribution in [-0.2, 0) is 4.79 Å². The first kappa shape index (κ1) is 25.9. The van der Waals surface area contributed by atoms with Crippen molar-refractivity contribution in [3.63, 3.8) is 0 Å². The van der Waals surface area contributed by atoms with Gasteiger partial charge in [-0.15, -0.1) is 0 Å². The molecule has 0 bridgehead atoms. The van der Waals surface area contributed by atoms with Crippen LogP contribution in [-0.4, -0.2) is 83.8 Å². The number of amides is 2. The van der Waals surface area contributed by atoms with E-state index < -0.39 is 0 Å². The average Bonchev–Trinajstić information content (AvgIpc) is 3.79. The molecule has 200 valence electrons. The second-order valence-electron chi connectivity index (χ2n) is 10.6. The highest BCUT2D eigenvalue weighted by molar-refractivity contribution is 5.97. The second-order valence-corrected chi connectivity index (χ2v) is 10.6. The number of aromatic nitrogens is 1. The van der Waals surface area contributed by atoms with E-state index in [1.54, 1.807) is 6.20 Å². The summed E-state index contributed by atoms with van der Waals surface area (Å²) in [6.45, 7) is 3.36. The number of guanidine groups is 1. The van der Waals surface area contributed by atoms with Crippen LogP contribution in [0.25, 0.3) is 5.57 Å². The Morgan fingerprint density at radius 1 is 1.08 bits per heavy atom. The van der Waals surface area contributed by atoms with Crippen LogP contribution in [0, 0.1) is 5.92 Å². The number of carbonyl (C=O) groups is 2. The maximum absolute atomic E-state index is 13.0. The van der Waals surface area contributed by atoms with Crippen molar-refractivity contribution >= 4 is 34.9 Å². The van der Waals surface area contributed by atoms with Crippen molar-refractivity contribution in [3.05, 3.63) is 59.8 Å². The molecule has 38 heavy (non-hydrogen) atoms. The predicted octanol–water partition coefficient (Wildman–Crippen LogP) is 3.33. The Kier molecular flexibility index (Phi) is 7.74. The molecule has 1 aromatic heterocycles. The van der Waals surface area contributed by atoms with Gasteiger partial charge in [0.1, 0.15) is 0 Å². The Bertz CT molecular complexity index is 1230. The highest BCUT2D eigenvalue weighted by Crippen LogP contribution is 2.34. The Balaban J connectivity index is 1.22. The Morgan fingerprint density at radius 3 is 2.47 bits per heavy atom. The molecule has 0 radical (unpaired) electrons. The zero-order valence-electron chi connectivity index (χ0n) is 22.3. The highest BCUT2D eigenvalue weighted by Gasteiger charge is 2.34. The molecule has 9 nitrogen and oxygen atoms in total. The lowest BCUT2D eigenvalue weighted by Gasteiger charge is -2.35. The summed E-state index contributed by atoms with van der Waals surface area (Å²) in [7, 11) is 4.01. The molecule has 0 unspecified atom stereocenters. The number of nitrogens with two attached hydrogens (primary N) is 1. The third-order valence-corrected chi connectivity index (χ3v) is 7.77. The summed E-state index contributed by atoms with van der Waals surface area (Å²) >= 11 is 0. The fourth-order valence-electron chi connectivity index (χ4n) is 5.18. The minimum atomic E-state index is 0.0315. The standard InChI is InChI=1S/C29H37N7O2/c1-34-16-13-24(14-17-34)35(2)27(37)21-7-9-23(10-8-21)32-29(30)33-26-25(4-3-15-31-26)20-11-18-36(19-12-20)28(38)22-5-6-22/h3-4,7-11,15,22,24H,5-6,12-14,16-19H2,1-2H3,(H3,30,31,32,33). The van der Waals surface area contributed by atoms with E-state index in [1.807, 2.05) is 53.2 Å². The molecule has 1 saturated carbocycles. The van der Waals surface area contributed by atoms with E-state index in [0.717, 1.165) is 62.0 Å². The van der Waals surface area contributed by atoms with Crippen LogP contribution in [0.1, 0.15) is 48.0 Å². The first-order valence-electron chi connectivity index (χ1n) is 13.5. The van der Waals surface area contributed by atoms with Gasteiger partial charge in [-0.05, 0) is 94.2 Å². The van der Waals surface area contributed by atoms with Crippen molar-refractivity contribution in [1.82, 2.24) is 19.7 Å². The van der Waals surface area contributed by atoms with Crippen molar-refractivity contribution in [2.75, 3.05) is 45.6 Å². The maximum Gasteiger partial charge on any atom is 0.253 e. The van der Waals surface area contributed by atoms with Crippen molar-refractivity contribution in [2.45, 2.75) is 38.1 Å². The third kappa shape index (κ3) is 6.05. The molecule has 3 N–H and O–H groups in total. The Labute approximate surface area is 224 Å². The van der Waals surface area contributed by atoms with Crippen molar-refractivity contribution in [2.24, 2.45) is 16.6 Å². The van der Waals surface area contributed by atoms with Gasteiger partial charge in [0.2, 0.25) is 5.91 Å². The van der Waals surface area contributed by atoms with Crippen LogP contribution >= 0.6 is 0 Å². The molecule has 0 spiro atoms. The Hall–Kier alpha value is -3.72. The number of pyridine rings is 1. The molecule has 2 amide bonds. The van der Waals surface area contributed by atoms with E-state index in [0.29, 0.717) is 24.5 Å². The Morgan fingerprint density at radius 2 is 1.82 bits per heavy atom. The first-order chi connectivity index (χ1) is 18.4. The number of nitrogens with one attached hydrogen (secondary N) is 1. The zero-order chi connectivity index (χ0) is 26.6. The van der Waals surface area contributed by atoms with Crippen LogP contribution in [0.15, 0.2) is 53.7 Å². The smallest absolute Gasteiger partial charge is 0.253 e. The topological polar surface area (TPSA) is 107 Å². The van der Waals surface area contributed by atoms with Gasteiger partial charge in [0.15, 0.2) is 11.8 Å². The van der Waals surface area contributed by atoms with E-state index in [-0.39, 0.29) is 29.7 Å². The molecule has 1 saturated heterocycles. The van der Waals surface area contributed by atoms with Crippen LogP contribution in [0.2, 0.25) is 0 Å². The minimum absolute atomic E-state index is 0.0315. The van der Waals surface area contributed by atoms with Gasteiger partial charge >= 0.3 is 0 Å². The fraction of sp³-hybridized carbons (Fsp3) is 0.448. The highest BCUT2D eigenvalue weighted by atomic mass is 16.2. The lowest BCUT2D eigenvalue weighted by Crippen LogP contribution is -2.44. The molecule has 3 aliphatic rings. The van der Waals surface area contributed by atoms with Gasteiger partial charge in [0.05, 0.1) is 0 Å². The minimum Gasteiger partial charge on any atom is -0.369 e. The number of hydrogen-bond donors (Lipinski definition) is 2. The predicted molar refractivity (Wildman–Crippen MR) is 150 cm³/mol. The lowest BCUT2D eigenvalue weighted by atomic mass is 10.00. The van der Waals surface area contributed by atoms with Crippen LogP contribution in [0.3, 0.4) is 0 Å². The van der Waals surface area contributed by atoms with E-state index in [9.17, 15) is 9.59 Å². The summed E-state index contributed by atoms with van der Waals surface area (Å²) in [5.74, 6) is 1.30. The molecule has 5 rings (SSSR count). The van der Waals surface area contributed by atoms with Gasteiger partial charge in [0.25, 0.3) is 5.91 Å². The number of aliphatic imine (C=N–C) groups is 1. The largest absolute Gasteiger partial charge is 0.369 e. The van der Waals surface area contributed by atoms with E-state index in [2.05, 4.69) is 33.3 Å². The lowest BCUT2D eigenvalue weighted by molar-refractivity contribution is -0.132. The van der Waals surface area contributed by atoms with Crippen molar-refractivity contribution in [1.29, 1.82) is 0 Å². The molecule has 9 heteroatoms. The molecule has 2 aliphatic heterocycles. The summed E-state index contributed by atoms with van der Waals surface area (Å²) in [5, 5.41) is 3.11. The van der Waals surface area contributed by atoms with Crippen molar-refractivity contribution < 1.29 is 9.59 Å². The second kappa shape index (κ2) is 11.3. The number of benzene rings is 1. The summed E-state index contributed by atoms with van der Waals surface area (Å²) in [6, 6.07) is 11.5. The number of rotatable bonds is 6. The van der Waals surface area contributed by atoms with Crippen molar-refractivity contribution in [3.8, 4) is 0 Å². The van der Waals surface area contributed by atoms with Crippen LogP contribution < -0.4 is 11.1 Å². The summed E-state index contributed by atoms with van der Waals surface area (Å²) in [4.78, 5) is 40.5. The molecule has 2 fully saturated rings. The van der Waals surface area contributed by atoms with Gasteiger partial charge in [-0.3, -0.25) is 9.59 Å². The number of likely N-dealkylation sites (tertiary alicyclic amines) is 1. The van der Waals surface area contributed by atoms with Gasteiger partial charge in [-0.1, -0.05) is 6.08 Å². The monoisotopic (exact) mass is 515 g/mol. The van der Waals surface area contributed by atoms with E-state index in [1.165, 1.54) is 0 Å². The van der Waals surface area contributed by atoms with Crippen LogP contribution in [0.5, 0.6) is 0 Å². The first-order valence-corrected chi connectivity index (χ1v) is 13.5. The fourth-order valence-corrected chi connectivity index (χ4v) is 5.18. The van der Waals surface area contributed by atoms with E-state index >= 15 is 0 Å². The van der Waals surface area contributed by atoms with E-state index in [4.69, 9.17) is 5.73 Å². The normalized spacial score (nSPS) is 19.2. The number of anilines is 1. The molecule has 1 aromatic carbocycles. The molecular weight excluding hydrogens is 478 g/mol. The zero-order valence-corrected chi connectivity index (χ0v) is 22.3. The summed E-state index contributed by atoms with van der Waals surface area (Å²) in [5.41, 5.74) is 9.69. The molecular formula is C29H37N7O2. The SMILES string of the molecule is CN1CCC(N(C)C(=O)c2ccc(NC(N)=Nc3ncccc3C3=CCN(C(=O)C4CC4)CC3)cc2)CC1. The number of carbonyl (C=O) groups excluding carboxylic acids is 2. The quantitative estimate of drug-likeness (QED) is 0.452. The number of hydrogen-bond acceptors (Lipinski definition) is 5. The van der Waals surface area contributed by atoms with Crippen LogP contribution in [0.4, 0.5) is 11.5 Å². The molecule has 2 aromatic rings. The molecule has 0 atom stereocenters. The number of nitrogens with zero attached hydrogens (tertiary/aromatic N) is 5. The van der Waals surface area contributed by atoms with Gasteiger partial charge in [-0.2, -0.15) is 4.99 Å². The van der Waals surface area contributed by atoms with Gasteiger partial charge in [0, 0.05) is 55.1 Å². The number of piperidine rings is 1.